The molecule has 0 aromatic carbocycles. The average molecular weight is 583 g/mol. The maximum Gasteiger partial charge on any atom is 0.359 e. The van der Waals surface area contributed by atoms with Crippen LogP contribution in [0.1, 0.15) is 66.7 Å². The van der Waals surface area contributed by atoms with Crippen molar-refractivity contribution in [1.82, 2.24) is 19.5 Å². The molecular weight excluding hydrogens is 543 g/mol. The van der Waals surface area contributed by atoms with Crippen LogP contribution in [0.4, 0.5) is 11.8 Å². The van der Waals surface area contributed by atoms with E-state index in [1.54, 1.807) is 40.9 Å². The van der Waals surface area contributed by atoms with Gasteiger partial charge in [0.25, 0.3) is 0 Å². The van der Waals surface area contributed by atoms with Crippen molar-refractivity contribution >= 4 is 42.5 Å². The molecular formula is C25H39N6O8P. The maximum absolute atomic E-state index is 13.6. The van der Waals surface area contributed by atoms with E-state index in [0.29, 0.717) is 42.4 Å². The zero-order valence-electron chi connectivity index (χ0n) is 23.6. The number of nitrogens with two attached hydrogens (primary N) is 1. The lowest BCUT2D eigenvalue weighted by Gasteiger charge is -2.25. The van der Waals surface area contributed by atoms with Crippen LogP contribution >= 0.6 is 7.60 Å². The van der Waals surface area contributed by atoms with E-state index < -0.39 is 49.1 Å². The number of nitrogens with zero attached hydrogens (tertiary/aromatic N) is 4. The Bertz CT molecular complexity index is 1300. The molecule has 2 fully saturated rings. The molecule has 1 atom stereocenters. The van der Waals surface area contributed by atoms with Crippen LogP contribution in [0.5, 0.6) is 0 Å². The number of esters is 1. The minimum absolute atomic E-state index is 0.0853. The molecule has 2 aliphatic carbocycles. The van der Waals surface area contributed by atoms with E-state index in [9.17, 15) is 19.3 Å². The highest BCUT2D eigenvalue weighted by Crippen LogP contribution is 2.53. The fourth-order valence-corrected chi connectivity index (χ4v) is 4.89. The Labute approximate surface area is 232 Å². The van der Waals surface area contributed by atoms with E-state index in [0.717, 1.165) is 12.8 Å². The number of hydrogen-bond acceptors (Lipinski definition) is 12. The number of rotatable bonds is 15. The largest absolute Gasteiger partial charge is 0.481 e. The number of aliphatic carboxylic acids is 1. The predicted molar refractivity (Wildman–Crippen MR) is 145 cm³/mol. The maximum atomic E-state index is 13.6. The van der Waals surface area contributed by atoms with E-state index in [4.69, 9.17) is 24.3 Å². The van der Waals surface area contributed by atoms with Crippen LogP contribution < -0.4 is 11.1 Å². The summed E-state index contributed by atoms with van der Waals surface area (Å²) < 4.78 is 37.7. The molecule has 2 aromatic rings. The second-order valence-electron chi connectivity index (χ2n) is 12.2. The van der Waals surface area contributed by atoms with Gasteiger partial charge in [-0.2, -0.15) is 9.97 Å². The van der Waals surface area contributed by atoms with Crippen molar-refractivity contribution < 1.29 is 37.8 Å². The summed E-state index contributed by atoms with van der Waals surface area (Å²) in [6, 6.07) is 0.360. The third kappa shape index (κ3) is 7.68. The van der Waals surface area contributed by atoms with Crippen LogP contribution in [0.15, 0.2) is 6.33 Å². The number of nitrogen functional groups attached to an aromatic ring is 1. The number of imidazole rings is 1. The third-order valence-corrected chi connectivity index (χ3v) is 8.36. The summed E-state index contributed by atoms with van der Waals surface area (Å²) in [6.07, 6.45) is 4.82. The van der Waals surface area contributed by atoms with Crippen LogP contribution in [0.3, 0.4) is 0 Å². The Morgan fingerprint density at radius 1 is 1.20 bits per heavy atom. The number of carboxylic acid groups (broad SMARTS) is 1. The molecule has 2 saturated carbocycles. The molecule has 4 N–H and O–H groups in total. The number of carbonyl (C=O) groups excluding carboxylic acids is 1. The minimum atomic E-state index is -3.94. The standard InChI is InChI=1S/C25H39N6O8P/c1-23(2,3)21(34)36-14-39-40(35,38-11-10-24(4,5)20(32)33)15-37-25(8-9-25)12-31-13-27-17-18(28-16-6-7-16)29-22(26)30-19(17)31/h13,16H,6-12,14-15H2,1-5H3,(H,32,33)(H3,26,28,29,30). The Kier molecular flexibility index (Phi) is 8.47. The summed E-state index contributed by atoms with van der Waals surface area (Å²) in [6.45, 7) is 7.76. The van der Waals surface area contributed by atoms with Crippen molar-refractivity contribution in [2.24, 2.45) is 10.8 Å². The number of carbonyl (C=O) groups is 2. The van der Waals surface area contributed by atoms with E-state index in [1.165, 1.54) is 0 Å². The highest BCUT2D eigenvalue weighted by atomic mass is 31.2. The summed E-state index contributed by atoms with van der Waals surface area (Å²) >= 11 is 0. The molecule has 2 aliphatic rings. The molecule has 222 valence electrons. The number of hydrogen-bond donors (Lipinski definition) is 3. The van der Waals surface area contributed by atoms with Gasteiger partial charge in [-0.1, -0.05) is 0 Å². The minimum Gasteiger partial charge on any atom is -0.481 e. The highest BCUT2D eigenvalue weighted by Gasteiger charge is 2.47. The van der Waals surface area contributed by atoms with Crippen molar-refractivity contribution in [2.75, 3.05) is 30.8 Å². The van der Waals surface area contributed by atoms with E-state index >= 15 is 0 Å². The van der Waals surface area contributed by atoms with Gasteiger partial charge in [0.05, 0.1) is 35.9 Å². The molecule has 2 aromatic heterocycles. The van der Waals surface area contributed by atoms with E-state index in [-0.39, 0.29) is 19.0 Å². The van der Waals surface area contributed by atoms with Crippen LogP contribution in [0.2, 0.25) is 0 Å². The van der Waals surface area contributed by atoms with Gasteiger partial charge < -0.3 is 34.7 Å². The zero-order chi connectivity index (χ0) is 29.3. The van der Waals surface area contributed by atoms with Crippen LogP contribution in [0, 0.1) is 10.8 Å². The van der Waals surface area contributed by atoms with Crippen molar-refractivity contribution in [3.63, 3.8) is 0 Å². The lowest BCUT2D eigenvalue weighted by molar-refractivity contribution is -0.160. The molecule has 0 radical (unpaired) electrons. The van der Waals surface area contributed by atoms with E-state index in [2.05, 4.69) is 20.3 Å². The monoisotopic (exact) mass is 582 g/mol. The molecule has 0 aliphatic heterocycles. The van der Waals surface area contributed by atoms with Gasteiger partial charge in [0, 0.05) is 6.04 Å². The van der Waals surface area contributed by atoms with E-state index in [1.807, 2.05) is 4.57 Å². The second-order valence-corrected chi connectivity index (χ2v) is 14.2. The summed E-state index contributed by atoms with van der Waals surface area (Å²) in [5, 5.41) is 12.7. The molecule has 0 saturated heterocycles. The molecule has 0 amide bonds. The number of nitrogens with one attached hydrogen (secondary N) is 1. The van der Waals surface area contributed by atoms with Crippen molar-refractivity contribution in [3.8, 4) is 0 Å². The van der Waals surface area contributed by atoms with Crippen LogP contribution in [-0.2, 0) is 39.2 Å². The molecule has 15 heteroatoms. The van der Waals surface area contributed by atoms with Crippen molar-refractivity contribution in [3.05, 3.63) is 6.33 Å². The van der Waals surface area contributed by atoms with Crippen molar-refractivity contribution in [1.29, 1.82) is 0 Å². The fourth-order valence-electron chi connectivity index (χ4n) is 3.65. The molecule has 1 unspecified atom stereocenters. The number of ether oxygens (including phenoxy) is 2. The summed E-state index contributed by atoms with van der Waals surface area (Å²) in [4.78, 5) is 36.7. The first kappa shape index (κ1) is 30.2. The van der Waals surface area contributed by atoms with Gasteiger partial charge in [0.2, 0.25) is 12.7 Å². The lowest BCUT2D eigenvalue weighted by Crippen LogP contribution is -2.26. The molecule has 0 spiro atoms. The van der Waals surface area contributed by atoms with Gasteiger partial charge in [-0.05, 0) is 66.7 Å². The lowest BCUT2D eigenvalue weighted by atomic mass is 9.90. The molecule has 0 bridgehead atoms. The first-order chi connectivity index (χ1) is 18.6. The Hall–Kier alpha value is -2.80. The van der Waals surface area contributed by atoms with Crippen LogP contribution in [-0.4, -0.2) is 68.0 Å². The molecule has 14 nitrogen and oxygen atoms in total. The number of carboxylic acids is 1. The Morgan fingerprint density at radius 2 is 1.90 bits per heavy atom. The van der Waals surface area contributed by atoms with Crippen molar-refractivity contribution in [2.45, 2.75) is 84.9 Å². The fraction of sp³-hybridized carbons (Fsp3) is 0.720. The number of fused-ring (bicyclic) bond motifs is 1. The number of anilines is 2. The first-order valence-electron chi connectivity index (χ1n) is 13.3. The second kappa shape index (κ2) is 11.2. The smallest absolute Gasteiger partial charge is 0.359 e. The normalized spacial score (nSPS) is 18.3. The predicted octanol–water partition coefficient (Wildman–Crippen LogP) is 3.76. The zero-order valence-corrected chi connectivity index (χ0v) is 24.5. The molecule has 40 heavy (non-hydrogen) atoms. The summed E-state index contributed by atoms with van der Waals surface area (Å²) in [5.74, 6) is -0.820. The van der Waals surface area contributed by atoms with Crippen LogP contribution in [0.25, 0.3) is 11.2 Å². The summed E-state index contributed by atoms with van der Waals surface area (Å²) in [7, 11) is -3.94. The number of aromatic nitrogens is 4. The SMILES string of the molecule is CC(C)(C)C(=O)OCOP(=O)(COC1(Cn2cnc3c(NC4CC4)nc(N)nc32)CC1)OCCC(C)(C)C(=O)O. The molecule has 2 heterocycles. The van der Waals surface area contributed by atoms with Gasteiger partial charge in [-0.3, -0.25) is 18.7 Å². The third-order valence-electron chi connectivity index (χ3n) is 6.84. The Balaban J connectivity index is 1.43. The summed E-state index contributed by atoms with van der Waals surface area (Å²) in [5.41, 5.74) is 4.59. The van der Waals surface area contributed by atoms with Gasteiger partial charge in [-0.15, -0.1) is 0 Å². The van der Waals surface area contributed by atoms with Gasteiger partial charge in [-0.25, -0.2) is 4.98 Å². The average Bonchev–Trinajstić information content (AvgIpc) is 3.77. The molecule has 4 rings (SSSR count). The van der Waals surface area contributed by atoms with Gasteiger partial charge >= 0.3 is 19.5 Å². The Morgan fingerprint density at radius 3 is 2.50 bits per heavy atom. The topological polar surface area (TPSA) is 190 Å². The first-order valence-corrected chi connectivity index (χ1v) is 15.0. The van der Waals surface area contributed by atoms with Gasteiger partial charge in [0.15, 0.2) is 17.0 Å². The quantitative estimate of drug-likeness (QED) is 0.156. The highest BCUT2D eigenvalue weighted by molar-refractivity contribution is 7.53. The van der Waals surface area contributed by atoms with Gasteiger partial charge in [0.1, 0.15) is 6.35 Å².